The second-order valence-corrected chi connectivity index (χ2v) is 5.83. The van der Waals surface area contributed by atoms with E-state index in [1.165, 1.54) is 12.8 Å². The molecule has 2 rings (SSSR count). The molecule has 130 valence electrons. The molecule has 0 aliphatic carbocycles. The van der Waals surface area contributed by atoms with Gasteiger partial charge in [-0.05, 0) is 36.5 Å². The summed E-state index contributed by atoms with van der Waals surface area (Å²) in [4.78, 5) is 6.69. The Morgan fingerprint density at radius 1 is 1.22 bits per heavy atom. The van der Waals surface area contributed by atoms with Crippen molar-refractivity contribution in [3.8, 4) is 5.75 Å². The highest BCUT2D eigenvalue weighted by atomic mass is 127. The van der Waals surface area contributed by atoms with Gasteiger partial charge in [0.2, 0.25) is 0 Å². The first-order valence-corrected chi connectivity index (χ1v) is 7.94. The number of hydrogen-bond acceptors (Lipinski definition) is 3. The first-order chi connectivity index (χ1) is 10.7. The lowest BCUT2D eigenvalue weighted by Gasteiger charge is -2.31. The van der Waals surface area contributed by atoms with Crippen molar-refractivity contribution in [1.29, 1.82) is 0 Å². The van der Waals surface area contributed by atoms with Gasteiger partial charge in [-0.2, -0.15) is 0 Å². The summed E-state index contributed by atoms with van der Waals surface area (Å²) in [5.74, 6) is 2.31. The quantitative estimate of drug-likeness (QED) is 0.325. The zero-order valence-corrected chi connectivity index (χ0v) is 16.4. The third kappa shape index (κ3) is 6.95. The summed E-state index contributed by atoms with van der Waals surface area (Å²) in [6, 6.07) is 7.97. The van der Waals surface area contributed by atoms with Gasteiger partial charge in [-0.25, -0.2) is 4.99 Å². The van der Waals surface area contributed by atoms with E-state index in [2.05, 4.69) is 16.8 Å². The average molecular weight is 433 g/mol. The molecule has 0 aromatic heterocycles. The van der Waals surface area contributed by atoms with Crippen LogP contribution in [-0.4, -0.2) is 44.3 Å². The van der Waals surface area contributed by atoms with Gasteiger partial charge < -0.3 is 20.1 Å². The van der Waals surface area contributed by atoms with E-state index in [0.717, 1.165) is 30.3 Å². The molecular formula is C17H28IN3O2. The minimum Gasteiger partial charge on any atom is -0.491 e. The third-order valence-electron chi connectivity index (χ3n) is 4.01. The largest absolute Gasteiger partial charge is 0.491 e. The predicted octanol–water partition coefficient (Wildman–Crippen LogP) is 2.88. The van der Waals surface area contributed by atoms with Crippen molar-refractivity contribution in [2.45, 2.75) is 26.3 Å². The lowest BCUT2D eigenvalue weighted by Crippen LogP contribution is -2.42. The molecule has 0 bridgehead atoms. The summed E-state index contributed by atoms with van der Waals surface area (Å²) in [6.45, 7) is 6.09. The molecular weight excluding hydrogens is 405 g/mol. The molecule has 0 spiro atoms. The highest BCUT2D eigenvalue weighted by Crippen LogP contribution is 2.16. The van der Waals surface area contributed by atoms with Crippen molar-refractivity contribution in [2.75, 3.05) is 33.4 Å². The van der Waals surface area contributed by atoms with Gasteiger partial charge in [-0.15, -0.1) is 24.0 Å². The van der Waals surface area contributed by atoms with Crippen LogP contribution in [0.15, 0.2) is 29.3 Å². The molecule has 0 radical (unpaired) electrons. The Labute approximate surface area is 156 Å². The number of rotatable bonds is 6. The number of guanidine groups is 1. The van der Waals surface area contributed by atoms with Crippen LogP contribution < -0.4 is 10.5 Å². The summed E-state index contributed by atoms with van der Waals surface area (Å²) in [5.41, 5.74) is 7.22. The molecule has 0 saturated carbocycles. The van der Waals surface area contributed by atoms with Crippen molar-refractivity contribution in [3.63, 3.8) is 0 Å². The molecule has 1 aromatic rings. The highest BCUT2D eigenvalue weighted by Gasteiger charge is 2.16. The Hall–Kier alpha value is -1.02. The van der Waals surface area contributed by atoms with Gasteiger partial charge in [0.25, 0.3) is 0 Å². The fourth-order valence-electron chi connectivity index (χ4n) is 2.44. The maximum absolute atomic E-state index is 6.09. The second kappa shape index (κ2) is 10.7. The highest BCUT2D eigenvalue weighted by molar-refractivity contribution is 14.0. The summed E-state index contributed by atoms with van der Waals surface area (Å²) in [5, 5.41) is 0. The van der Waals surface area contributed by atoms with Gasteiger partial charge >= 0.3 is 0 Å². The molecule has 1 aliphatic heterocycles. The van der Waals surface area contributed by atoms with Crippen LogP contribution in [0.5, 0.6) is 5.75 Å². The van der Waals surface area contributed by atoms with Crippen LogP contribution in [0.4, 0.5) is 0 Å². The van der Waals surface area contributed by atoms with Gasteiger partial charge in [0.15, 0.2) is 5.96 Å². The van der Waals surface area contributed by atoms with Crippen LogP contribution in [0.2, 0.25) is 0 Å². The van der Waals surface area contributed by atoms with Gasteiger partial charge in [0, 0.05) is 20.2 Å². The topological polar surface area (TPSA) is 60.1 Å². The second-order valence-electron chi connectivity index (χ2n) is 5.83. The van der Waals surface area contributed by atoms with Crippen molar-refractivity contribution >= 4 is 29.9 Å². The first-order valence-electron chi connectivity index (χ1n) is 7.94. The normalized spacial score (nSPS) is 16.1. The number of piperidine rings is 1. The maximum Gasteiger partial charge on any atom is 0.191 e. The minimum absolute atomic E-state index is 0. The zero-order chi connectivity index (χ0) is 15.8. The van der Waals surface area contributed by atoms with E-state index in [4.69, 9.17) is 15.2 Å². The van der Waals surface area contributed by atoms with E-state index in [0.29, 0.717) is 25.7 Å². The van der Waals surface area contributed by atoms with Crippen LogP contribution in [0.3, 0.4) is 0 Å². The van der Waals surface area contributed by atoms with Crippen LogP contribution in [0.25, 0.3) is 0 Å². The molecule has 1 heterocycles. The number of likely N-dealkylation sites (tertiary alicyclic amines) is 1. The Morgan fingerprint density at radius 2 is 1.87 bits per heavy atom. The van der Waals surface area contributed by atoms with Crippen LogP contribution in [0.1, 0.15) is 25.3 Å². The Bertz CT molecular complexity index is 471. The number of aliphatic imine (C=N–C) groups is 1. The Morgan fingerprint density at radius 3 is 2.48 bits per heavy atom. The molecule has 2 N–H and O–H groups in total. The lowest BCUT2D eigenvalue weighted by molar-refractivity contribution is 0.146. The number of methoxy groups -OCH3 is 1. The molecule has 1 aromatic carbocycles. The van der Waals surface area contributed by atoms with E-state index >= 15 is 0 Å². The number of nitrogens with two attached hydrogens (primary N) is 1. The van der Waals surface area contributed by atoms with Crippen molar-refractivity contribution in [2.24, 2.45) is 16.6 Å². The smallest absolute Gasteiger partial charge is 0.191 e. The number of benzene rings is 1. The van der Waals surface area contributed by atoms with Gasteiger partial charge in [0.05, 0.1) is 13.2 Å². The van der Waals surface area contributed by atoms with Crippen molar-refractivity contribution in [1.82, 2.24) is 4.90 Å². The van der Waals surface area contributed by atoms with Crippen molar-refractivity contribution in [3.05, 3.63) is 29.8 Å². The molecule has 5 nitrogen and oxygen atoms in total. The summed E-state index contributed by atoms with van der Waals surface area (Å²) in [7, 11) is 1.66. The van der Waals surface area contributed by atoms with E-state index < -0.39 is 0 Å². The third-order valence-corrected chi connectivity index (χ3v) is 4.01. The van der Waals surface area contributed by atoms with E-state index in [9.17, 15) is 0 Å². The van der Waals surface area contributed by atoms with Crippen LogP contribution >= 0.6 is 24.0 Å². The molecule has 1 fully saturated rings. The zero-order valence-electron chi connectivity index (χ0n) is 14.0. The monoisotopic (exact) mass is 433 g/mol. The molecule has 0 unspecified atom stereocenters. The number of nitrogens with zero attached hydrogens (tertiary/aromatic N) is 2. The minimum atomic E-state index is 0. The van der Waals surface area contributed by atoms with Crippen molar-refractivity contribution < 1.29 is 9.47 Å². The Balaban J connectivity index is 0.00000264. The molecule has 0 atom stereocenters. The number of hydrogen-bond donors (Lipinski definition) is 1. The molecule has 23 heavy (non-hydrogen) atoms. The lowest BCUT2D eigenvalue weighted by atomic mass is 10.00. The summed E-state index contributed by atoms with van der Waals surface area (Å²) >= 11 is 0. The van der Waals surface area contributed by atoms with Crippen LogP contribution in [0, 0.1) is 5.92 Å². The summed E-state index contributed by atoms with van der Waals surface area (Å²) < 4.78 is 10.5. The summed E-state index contributed by atoms with van der Waals surface area (Å²) in [6.07, 6.45) is 2.40. The SMILES string of the molecule is COCCOc1ccc(CN=C(N)N2CCC(C)CC2)cc1.I. The standard InChI is InChI=1S/C17H27N3O2.HI/c1-14-7-9-20(10-8-14)17(18)19-13-15-3-5-16(6-4-15)22-12-11-21-2;/h3-6,14H,7-13H2,1-2H3,(H2,18,19);1H. The fourth-order valence-corrected chi connectivity index (χ4v) is 2.44. The Kier molecular flexibility index (Phi) is 9.31. The van der Waals surface area contributed by atoms with E-state index in [1.54, 1.807) is 7.11 Å². The van der Waals surface area contributed by atoms with Gasteiger partial charge in [-0.1, -0.05) is 19.1 Å². The number of ether oxygens (including phenoxy) is 2. The molecule has 1 saturated heterocycles. The van der Waals surface area contributed by atoms with Crippen LogP contribution in [-0.2, 0) is 11.3 Å². The van der Waals surface area contributed by atoms with E-state index in [-0.39, 0.29) is 24.0 Å². The average Bonchev–Trinajstić information content (AvgIpc) is 2.55. The predicted molar refractivity (Wildman–Crippen MR) is 105 cm³/mol. The molecule has 1 aliphatic rings. The van der Waals surface area contributed by atoms with E-state index in [1.807, 2.05) is 24.3 Å². The van der Waals surface area contributed by atoms with Gasteiger partial charge in [0.1, 0.15) is 12.4 Å². The first kappa shape index (κ1) is 20.0. The molecule has 0 amide bonds. The van der Waals surface area contributed by atoms with Gasteiger partial charge in [-0.3, -0.25) is 0 Å². The maximum atomic E-state index is 6.09. The molecule has 6 heteroatoms. The fraction of sp³-hybridized carbons (Fsp3) is 0.588. The number of halogens is 1.